The summed E-state index contributed by atoms with van der Waals surface area (Å²) in [6.07, 6.45) is -3.43. The van der Waals surface area contributed by atoms with Crippen molar-refractivity contribution in [2.45, 2.75) is 18.7 Å². The zero-order valence-corrected chi connectivity index (χ0v) is 22.2. The number of nitriles is 1. The van der Waals surface area contributed by atoms with Crippen LogP contribution in [0, 0.1) is 11.3 Å². The number of hydrogen-bond acceptors (Lipinski definition) is 7. The van der Waals surface area contributed by atoms with E-state index < -0.39 is 17.5 Å². The smallest absolute Gasteiger partial charge is 0.433 e. The van der Waals surface area contributed by atoms with Crippen molar-refractivity contribution in [1.29, 1.82) is 5.26 Å². The van der Waals surface area contributed by atoms with Crippen molar-refractivity contribution in [2.75, 3.05) is 50.8 Å². The van der Waals surface area contributed by atoms with E-state index >= 15 is 0 Å². The predicted molar refractivity (Wildman–Crippen MR) is 143 cm³/mol. The largest absolute Gasteiger partial charge is 0.491 e. The Bertz CT molecular complexity index is 1230. The van der Waals surface area contributed by atoms with Crippen LogP contribution in [0.15, 0.2) is 66.9 Å². The van der Waals surface area contributed by atoms with Crippen LogP contribution in [0.3, 0.4) is 0 Å². The lowest BCUT2D eigenvalue weighted by Crippen LogP contribution is -2.50. The van der Waals surface area contributed by atoms with Crippen LogP contribution in [0.25, 0.3) is 0 Å². The maximum Gasteiger partial charge on any atom is 0.433 e. The number of aliphatic hydroxyl groups excluding tert-OH is 1. The average Bonchev–Trinajstić information content (AvgIpc) is 2.93. The lowest BCUT2D eigenvalue weighted by atomic mass is 9.96. The lowest BCUT2D eigenvalue weighted by Gasteiger charge is -2.39. The molecule has 0 saturated carbocycles. The Morgan fingerprint density at radius 3 is 2.26 bits per heavy atom. The number of aromatic nitrogens is 1. The summed E-state index contributed by atoms with van der Waals surface area (Å²) < 4.78 is 43.5. The Morgan fingerprint density at radius 2 is 1.74 bits per heavy atom. The van der Waals surface area contributed by atoms with Crippen molar-refractivity contribution < 1.29 is 28.1 Å². The van der Waals surface area contributed by atoms with Gasteiger partial charge in [-0.3, -0.25) is 9.88 Å². The maximum atomic E-state index is 12.7. The van der Waals surface area contributed by atoms with Crippen molar-refractivity contribution in [3.8, 4) is 11.8 Å². The van der Waals surface area contributed by atoms with Crippen LogP contribution in [0.1, 0.15) is 23.7 Å². The van der Waals surface area contributed by atoms with Gasteiger partial charge < -0.3 is 19.8 Å². The van der Waals surface area contributed by atoms with Gasteiger partial charge in [-0.25, -0.2) is 0 Å². The average molecular weight is 563 g/mol. The fourth-order valence-corrected chi connectivity index (χ4v) is 4.35. The fraction of sp³-hybridized carbons (Fsp3) is 0.357. The van der Waals surface area contributed by atoms with E-state index in [0.29, 0.717) is 48.1 Å². The number of rotatable bonds is 7. The molecule has 1 aliphatic heterocycles. The zero-order valence-electron chi connectivity index (χ0n) is 21.4. The Morgan fingerprint density at radius 1 is 1.05 bits per heavy atom. The number of piperazine rings is 1. The first-order chi connectivity index (χ1) is 18.5. The molecular weight excluding hydrogens is 533 g/mol. The van der Waals surface area contributed by atoms with E-state index in [1.165, 1.54) is 6.07 Å². The fourth-order valence-electron chi connectivity index (χ4n) is 4.06. The van der Waals surface area contributed by atoms with E-state index in [4.69, 9.17) is 26.7 Å². The Hall–Kier alpha value is -3.36. The molecule has 4 rings (SSSR count). The number of alkyl halides is 3. The molecule has 1 saturated heterocycles. The molecule has 1 atom stereocenters. The summed E-state index contributed by atoms with van der Waals surface area (Å²) in [5.41, 5.74) is -0.388. The van der Waals surface area contributed by atoms with E-state index in [0.717, 1.165) is 18.0 Å². The summed E-state index contributed by atoms with van der Waals surface area (Å²) >= 11 is 6.38. The minimum Gasteiger partial charge on any atom is -0.491 e. The van der Waals surface area contributed by atoms with Crippen LogP contribution in [-0.2, 0) is 11.8 Å². The molecule has 0 amide bonds. The van der Waals surface area contributed by atoms with Gasteiger partial charge in [0.1, 0.15) is 23.7 Å². The van der Waals surface area contributed by atoms with Gasteiger partial charge in [-0.2, -0.15) is 18.4 Å². The van der Waals surface area contributed by atoms with Crippen LogP contribution in [-0.4, -0.2) is 66.0 Å². The third kappa shape index (κ3) is 8.83. The second-order valence-corrected chi connectivity index (χ2v) is 9.54. The third-order valence-corrected chi connectivity index (χ3v) is 6.41. The second-order valence-electron chi connectivity index (χ2n) is 9.13. The molecule has 1 fully saturated rings. The number of aliphatic hydroxyl groups is 2. The molecule has 0 radical (unpaired) electrons. The molecule has 7 nitrogen and oxygen atoms in total. The van der Waals surface area contributed by atoms with Crippen molar-refractivity contribution >= 4 is 17.3 Å². The molecule has 0 aliphatic carbocycles. The molecule has 208 valence electrons. The van der Waals surface area contributed by atoms with E-state index in [-0.39, 0.29) is 19.8 Å². The summed E-state index contributed by atoms with van der Waals surface area (Å²) in [6.45, 7) is 4.64. The number of benzene rings is 2. The second kappa shape index (κ2) is 13.6. The first-order valence-corrected chi connectivity index (χ1v) is 12.6. The lowest BCUT2D eigenvalue weighted by molar-refractivity contribution is -0.141. The molecule has 1 aliphatic rings. The standard InChI is InChI=1S/C21H25ClF3N3O3.C7H5N/c1-20(30,15-2-5-19(26-13-15)21(23,24)25)14-27-6-8-28(9-7-27)18-4-3-16(12-17(18)22)31-11-10-29;8-6-7-4-2-1-3-5-7/h2-5,12-13,29-30H,6-11,14H2,1H3;1-5H/t20-;/m1./s1. The minimum absolute atomic E-state index is 0.0758. The topological polar surface area (TPSA) is 92.8 Å². The van der Waals surface area contributed by atoms with Crippen molar-refractivity contribution in [3.63, 3.8) is 0 Å². The van der Waals surface area contributed by atoms with E-state index in [2.05, 4.69) is 14.8 Å². The number of hydrogen-bond donors (Lipinski definition) is 2. The summed E-state index contributed by atoms with van der Waals surface area (Å²) in [5.74, 6) is 0.586. The maximum absolute atomic E-state index is 12.7. The van der Waals surface area contributed by atoms with Gasteiger partial charge in [0.05, 0.1) is 28.9 Å². The highest BCUT2D eigenvalue weighted by molar-refractivity contribution is 6.33. The van der Waals surface area contributed by atoms with E-state index in [1.54, 1.807) is 31.2 Å². The summed E-state index contributed by atoms with van der Waals surface area (Å²) in [7, 11) is 0. The number of β-amino-alcohol motifs (C(OH)–C–C–N with tert-alkyl or cyclic N) is 1. The molecule has 2 N–H and O–H groups in total. The molecule has 1 aromatic heterocycles. The molecule has 0 spiro atoms. The Kier molecular flexibility index (Phi) is 10.5. The van der Waals surface area contributed by atoms with Crippen LogP contribution < -0.4 is 9.64 Å². The van der Waals surface area contributed by atoms with Crippen LogP contribution in [0.2, 0.25) is 5.02 Å². The molecule has 11 heteroatoms. The van der Waals surface area contributed by atoms with E-state index in [1.807, 2.05) is 30.3 Å². The van der Waals surface area contributed by atoms with Crippen molar-refractivity contribution in [2.24, 2.45) is 0 Å². The molecular formula is C28H30ClF3N4O3. The highest BCUT2D eigenvalue weighted by atomic mass is 35.5. The van der Waals surface area contributed by atoms with Gasteiger partial charge >= 0.3 is 6.18 Å². The van der Waals surface area contributed by atoms with Crippen LogP contribution in [0.4, 0.5) is 18.9 Å². The number of halogens is 4. The van der Waals surface area contributed by atoms with Gasteiger partial charge in [-0.1, -0.05) is 35.9 Å². The quantitative estimate of drug-likeness (QED) is 0.431. The first-order valence-electron chi connectivity index (χ1n) is 12.3. The van der Waals surface area contributed by atoms with Crippen molar-refractivity contribution in [1.82, 2.24) is 9.88 Å². The molecule has 0 bridgehead atoms. The highest BCUT2D eigenvalue weighted by Crippen LogP contribution is 2.32. The third-order valence-electron chi connectivity index (χ3n) is 6.10. The first kappa shape index (κ1) is 30.2. The monoisotopic (exact) mass is 562 g/mol. The van der Waals surface area contributed by atoms with Gasteiger partial charge in [0, 0.05) is 50.6 Å². The van der Waals surface area contributed by atoms with Gasteiger partial charge in [0.15, 0.2) is 0 Å². The number of pyridine rings is 1. The minimum atomic E-state index is -4.51. The highest BCUT2D eigenvalue weighted by Gasteiger charge is 2.34. The van der Waals surface area contributed by atoms with Gasteiger partial charge in [0.2, 0.25) is 0 Å². The summed E-state index contributed by atoms with van der Waals surface area (Å²) in [4.78, 5) is 7.63. The SMILES string of the molecule is C[C@@](O)(CN1CCN(c2ccc(OCCO)cc2Cl)CC1)c1ccc(C(F)(F)F)nc1.N#Cc1ccccc1. The van der Waals surface area contributed by atoms with Gasteiger partial charge in [-0.15, -0.1) is 0 Å². The number of nitrogens with zero attached hydrogens (tertiary/aromatic N) is 4. The Labute approximate surface area is 230 Å². The molecule has 39 heavy (non-hydrogen) atoms. The summed E-state index contributed by atoms with van der Waals surface area (Å²) in [6, 6.07) is 18.7. The summed E-state index contributed by atoms with van der Waals surface area (Å²) in [5, 5.41) is 28.5. The predicted octanol–water partition coefficient (Wildman–Crippen LogP) is 4.71. The molecule has 2 aromatic carbocycles. The van der Waals surface area contributed by atoms with Crippen LogP contribution in [0.5, 0.6) is 5.75 Å². The normalized spacial score (nSPS) is 15.5. The van der Waals surface area contributed by atoms with Crippen LogP contribution >= 0.6 is 11.6 Å². The Balaban J connectivity index is 0.000000449. The van der Waals surface area contributed by atoms with Gasteiger partial charge in [0.25, 0.3) is 0 Å². The number of ether oxygens (including phenoxy) is 1. The van der Waals surface area contributed by atoms with E-state index in [9.17, 15) is 18.3 Å². The molecule has 3 aromatic rings. The number of anilines is 1. The van der Waals surface area contributed by atoms with Gasteiger partial charge in [-0.05, 0) is 37.3 Å². The zero-order chi connectivity index (χ0) is 28.5. The van der Waals surface area contributed by atoms with Crippen molar-refractivity contribution in [3.05, 3.63) is 88.7 Å². The molecule has 0 unspecified atom stereocenters. The molecule has 2 heterocycles.